The van der Waals surface area contributed by atoms with E-state index in [-0.39, 0.29) is 50.8 Å². The van der Waals surface area contributed by atoms with E-state index >= 15 is 4.79 Å². The van der Waals surface area contributed by atoms with E-state index in [9.17, 15) is 24.3 Å². The Hall–Kier alpha value is -5.46. The molecular formula is C45H56N4O9. The number of carboxylic acid groups (broad SMARTS) is 1. The Morgan fingerprint density at radius 1 is 1.03 bits per heavy atom. The maximum Gasteiger partial charge on any atom is 0.332 e. The lowest BCUT2D eigenvalue weighted by atomic mass is 9.84. The van der Waals surface area contributed by atoms with Gasteiger partial charge in [0.05, 0.1) is 31.5 Å². The minimum absolute atomic E-state index is 0.0231. The number of amides is 3. The molecule has 13 heteroatoms. The van der Waals surface area contributed by atoms with E-state index in [0.29, 0.717) is 61.2 Å². The summed E-state index contributed by atoms with van der Waals surface area (Å²) in [7, 11) is 1.59. The predicted molar refractivity (Wildman–Crippen MR) is 218 cm³/mol. The first-order chi connectivity index (χ1) is 27.7. The quantitative estimate of drug-likeness (QED) is 0.120. The number of pyridine rings is 1. The van der Waals surface area contributed by atoms with E-state index in [1.165, 1.54) is 4.90 Å². The molecule has 3 aromatic rings. The minimum atomic E-state index is -1.26. The second-order valence-electron chi connectivity index (χ2n) is 16.6. The van der Waals surface area contributed by atoms with Crippen molar-refractivity contribution in [2.24, 2.45) is 11.3 Å². The number of hydrogen-bond donors (Lipinski definition) is 2. The molecule has 2 aliphatic heterocycles. The van der Waals surface area contributed by atoms with Crippen LogP contribution in [0.3, 0.4) is 0 Å². The second-order valence-corrected chi connectivity index (χ2v) is 16.6. The summed E-state index contributed by atoms with van der Waals surface area (Å²) in [5.74, 6) is -1.61. The molecule has 2 aromatic carbocycles. The predicted octanol–water partition coefficient (Wildman–Crippen LogP) is 6.33. The standard InChI is InChI=1S/C45H56N4O9/c1-6-57-43(55)45-27-30(45)18-12-8-13-19-38(50)48(23-15-9-14-20-39(51)52)40(44(2,3)4)42(54)49-28-32(25-36(49)41(53)47-45)58-37-26-34(29-16-10-7-11-17-29)46-35-24-31(56-5)21-22-33(35)37/h7,10-12,16-18,21-22,24,26,30,32,36,40H,6,8-9,13-15,19-20,23,25,27-28H2,1-5H3,(H,47,53)(H,51,52)/b18-12-/t30?,32-,36+,40-,45?/m1/s1. The molecule has 6 rings (SSSR count). The molecule has 5 atom stereocenters. The summed E-state index contributed by atoms with van der Waals surface area (Å²) in [6.45, 7) is 7.89. The summed E-state index contributed by atoms with van der Waals surface area (Å²) < 4.78 is 17.8. The molecule has 58 heavy (non-hydrogen) atoms. The van der Waals surface area contributed by atoms with Crippen molar-refractivity contribution >= 4 is 40.6 Å². The van der Waals surface area contributed by atoms with Crippen molar-refractivity contribution in [1.29, 1.82) is 0 Å². The maximum absolute atomic E-state index is 15.2. The van der Waals surface area contributed by atoms with Crippen molar-refractivity contribution in [2.75, 3.05) is 26.8 Å². The van der Waals surface area contributed by atoms with Crippen molar-refractivity contribution < 1.29 is 43.3 Å². The van der Waals surface area contributed by atoms with Gasteiger partial charge >= 0.3 is 11.9 Å². The van der Waals surface area contributed by atoms with Gasteiger partial charge in [-0.1, -0.05) is 69.7 Å². The first-order valence-corrected chi connectivity index (χ1v) is 20.4. The highest BCUT2D eigenvalue weighted by Crippen LogP contribution is 2.46. The number of carboxylic acids is 1. The van der Waals surface area contributed by atoms with Gasteiger partial charge in [0.25, 0.3) is 0 Å². The number of aromatic nitrogens is 1. The van der Waals surface area contributed by atoms with E-state index in [4.69, 9.17) is 19.2 Å². The fraction of sp³-hybridized carbons (Fsp3) is 0.511. The van der Waals surface area contributed by atoms with Gasteiger partial charge in [-0.15, -0.1) is 0 Å². The van der Waals surface area contributed by atoms with E-state index in [1.807, 2.05) is 87.5 Å². The normalized spacial score (nSPS) is 24.5. The highest BCUT2D eigenvalue weighted by Gasteiger charge is 2.62. The molecular weight excluding hydrogens is 741 g/mol. The molecule has 1 aromatic heterocycles. The molecule has 2 fully saturated rings. The van der Waals surface area contributed by atoms with Crippen LogP contribution in [0.5, 0.6) is 11.5 Å². The van der Waals surface area contributed by atoms with Gasteiger partial charge in [0.2, 0.25) is 17.7 Å². The van der Waals surface area contributed by atoms with Crippen molar-refractivity contribution in [3.63, 3.8) is 0 Å². The largest absolute Gasteiger partial charge is 0.497 e. The molecule has 2 N–H and O–H groups in total. The second kappa shape index (κ2) is 18.0. The molecule has 1 saturated carbocycles. The van der Waals surface area contributed by atoms with Gasteiger partial charge in [-0.25, -0.2) is 9.78 Å². The Morgan fingerprint density at radius 3 is 2.52 bits per heavy atom. The Bertz CT molecular complexity index is 2030. The van der Waals surface area contributed by atoms with E-state index in [1.54, 1.807) is 18.9 Å². The summed E-state index contributed by atoms with van der Waals surface area (Å²) in [6, 6.07) is 15.1. The van der Waals surface area contributed by atoms with E-state index in [2.05, 4.69) is 5.32 Å². The average molecular weight is 797 g/mol. The number of fused-ring (bicyclic) bond motifs is 3. The highest BCUT2D eigenvalue weighted by molar-refractivity contribution is 5.97. The van der Waals surface area contributed by atoms with Gasteiger partial charge in [-0.3, -0.25) is 19.2 Å². The van der Waals surface area contributed by atoms with Crippen molar-refractivity contribution in [2.45, 2.75) is 109 Å². The Morgan fingerprint density at radius 2 is 1.81 bits per heavy atom. The molecule has 3 aliphatic rings. The summed E-state index contributed by atoms with van der Waals surface area (Å²) in [5.41, 5.74) is 0.187. The third kappa shape index (κ3) is 9.45. The smallest absolute Gasteiger partial charge is 0.332 e. The number of hydrogen-bond acceptors (Lipinski definition) is 9. The number of methoxy groups -OCH3 is 1. The zero-order chi connectivity index (χ0) is 41.6. The first-order valence-electron chi connectivity index (χ1n) is 20.4. The fourth-order valence-corrected chi connectivity index (χ4v) is 8.26. The lowest BCUT2D eigenvalue weighted by Crippen LogP contribution is -2.60. The molecule has 1 aliphatic carbocycles. The molecule has 310 valence electrons. The van der Waals surface area contributed by atoms with Crippen molar-refractivity contribution in [3.05, 3.63) is 66.7 Å². The minimum Gasteiger partial charge on any atom is -0.497 e. The lowest BCUT2D eigenvalue weighted by molar-refractivity contribution is -0.154. The van der Waals surface area contributed by atoms with Crippen molar-refractivity contribution in [1.82, 2.24) is 20.1 Å². The van der Waals surface area contributed by atoms with Gasteiger partial charge in [-0.05, 0) is 56.6 Å². The molecule has 13 nitrogen and oxygen atoms in total. The average Bonchev–Trinajstić information content (AvgIpc) is 3.72. The number of unbranched alkanes of at least 4 members (excludes halogenated alkanes) is 2. The van der Waals surface area contributed by atoms with Gasteiger partial charge in [0.1, 0.15) is 35.2 Å². The fourth-order valence-electron chi connectivity index (χ4n) is 8.26. The molecule has 1 saturated heterocycles. The van der Waals surface area contributed by atoms with Crippen LogP contribution in [0.1, 0.15) is 85.5 Å². The van der Waals surface area contributed by atoms with Crippen LogP contribution in [0.15, 0.2) is 66.7 Å². The lowest BCUT2D eigenvalue weighted by Gasteiger charge is -2.42. The van der Waals surface area contributed by atoms with E-state index in [0.717, 1.165) is 10.9 Å². The summed E-state index contributed by atoms with van der Waals surface area (Å²) in [5, 5.41) is 12.9. The maximum atomic E-state index is 15.2. The summed E-state index contributed by atoms with van der Waals surface area (Å²) in [4.78, 5) is 76.7. The van der Waals surface area contributed by atoms with Crippen LogP contribution in [0.4, 0.5) is 0 Å². The van der Waals surface area contributed by atoms with Crippen LogP contribution >= 0.6 is 0 Å². The number of ether oxygens (including phenoxy) is 3. The Balaban J connectivity index is 1.39. The number of rotatable bonds is 12. The monoisotopic (exact) mass is 796 g/mol. The number of benzene rings is 2. The third-order valence-electron chi connectivity index (χ3n) is 11.3. The summed E-state index contributed by atoms with van der Waals surface area (Å²) in [6.07, 6.45) is 6.56. The number of carbonyl (C=O) groups excluding carboxylic acids is 4. The van der Waals surface area contributed by atoms with Crippen LogP contribution in [0.25, 0.3) is 22.2 Å². The van der Waals surface area contributed by atoms with Gasteiger partial charge in [-0.2, -0.15) is 0 Å². The Labute approximate surface area is 340 Å². The van der Waals surface area contributed by atoms with Gasteiger partial charge < -0.3 is 34.4 Å². The topological polar surface area (TPSA) is 165 Å². The highest BCUT2D eigenvalue weighted by atomic mass is 16.5. The molecule has 0 spiro atoms. The SMILES string of the molecule is CCOC(=O)C12CC1/C=C\CCCC(=O)N(CCCCCC(=O)O)[C@@H](C(C)(C)C)C(=O)N1C[C@H](Oc3cc(-c4ccccc4)nc4cc(OC)ccc34)C[C@H]1C(=O)N2. The molecule has 3 amide bonds. The molecule has 0 bridgehead atoms. The van der Waals surface area contributed by atoms with Crippen LogP contribution in [0, 0.1) is 11.3 Å². The summed E-state index contributed by atoms with van der Waals surface area (Å²) >= 11 is 0. The number of nitrogens with one attached hydrogen (secondary N) is 1. The van der Waals surface area contributed by atoms with Crippen LogP contribution in [-0.2, 0) is 28.7 Å². The van der Waals surface area contributed by atoms with Crippen LogP contribution in [-0.4, -0.2) is 100 Å². The number of nitrogens with zero attached hydrogens (tertiary/aromatic N) is 3. The molecule has 2 unspecified atom stereocenters. The number of carbonyl (C=O) groups is 5. The third-order valence-corrected chi connectivity index (χ3v) is 11.3. The van der Waals surface area contributed by atoms with Crippen LogP contribution in [0.2, 0.25) is 0 Å². The first kappa shape index (κ1) is 42.2. The number of allylic oxidation sites excluding steroid dienone is 1. The molecule has 3 heterocycles. The number of esters is 1. The molecule has 0 radical (unpaired) electrons. The zero-order valence-electron chi connectivity index (χ0n) is 34.2. The van der Waals surface area contributed by atoms with Gasteiger partial charge in [0.15, 0.2) is 0 Å². The Kier molecular flexibility index (Phi) is 13.1. The van der Waals surface area contributed by atoms with Gasteiger partial charge in [0, 0.05) is 54.8 Å². The van der Waals surface area contributed by atoms with E-state index < -0.39 is 52.9 Å². The zero-order valence-corrected chi connectivity index (χ0v) is 34.2. The van der Waals surface area contributed by atoms with Crippen molar-refractivity contribution in [3.8, 4) is 22.8 Å². The van der Waals surface area contributed by atoms with Crippen LogP contribution < -0.4 is 14.8 Å². The number of aliphatic carboxylic acids is 1.